The van der Waals surface area contributed by atoms with Crippen molar-refractivity contribution in [3.8, 4) is 0 Å². The lowest BCUT2D eigenvalue weighted by Crippen LogP contribution is -2.43. The molecule has 0 saturated heterocycles. The minimum atomic E-state index is -1.02. The molecule has 1 aromatic rings. The number of carbonyl (C=O) groups is 2. The van der Waals surface area contributed by atoms with Crippen molar-refractivity contribution in [2.45, 2.75) is 36.6 Å². The predicted octanol–water partition coefficient (Wildman–Crippen LogP) is 1.97. The fourth-order valence-electron chi connectivity index (χ4n) is 1.85. The van der Waals surface area contributed by atoms with Crippen molar-refractivity contribution >= 4 is 29.3 Å². The van der Waals surface area contributed by atoms with Crippen molar-refractivity contribution in [3.63, 3.8) is 0 Å². The van der Waals surface area contributed by atoms with Crippen LogP contribution in [0.4, 0.5) is 5.69 Å². The lowest BCUT2D eigenvalue weighted by Gasteiger charge is -2.24. The maximum absolute atomic E-state index is 12.2. The van der Waals surface area contributed by atoms with Crippen LogP contribution in [-0.4, -0.2) is 22.9 Å². The highest BCUT2D eigenvalue weighted by Crippen LogP contribution is 2.35. The zero-order valence-corrected chi connectivity index (χ0v) is 12.5. The first-order chi connectivity index (χ1) is 9.28. The van der Waals surface area contributed by atoms with E-state index in [2.05, 4.69) is 5.32 Å². The van der Waals surface area contributed by atoms with E-state index in [1.165, 1.54) is 11.8 Å². The number of esters is 1. The van der Waals surface area contributed by atoms with Gasteiger partial charge in [0.2, 0.25) is 5.91 Å². The molecule has 1 aliphatic rings. The Bertz CT molecular complexity index is 539. The number of nitrogens with one attached hydrogen (secondary N) is 1. The van der Waals surface area contributed by atoms with E-state index in [0.29, 0.717) is 5.69 Å². The van der Waals surface area contributed by atoms with Crippen LogP contribution in [0.3, 0.4) is 0 Å². The van der Waals surface area contributed by atoms with Gasteiger partial charge in [-0.25, -0.2) is 0 Å². The van der Waals surface area contributed by atoms with E-state index in [9.17, 15) is 9.59 Å². The number of thioether (sulfide) groups is 1. The highest BCUT2D eigenvalue weighted by molar-refractivity contribution is 8.00. The van der Waals surface area contributed by atoms with Crippen LogP contribution in [-0.2, 0) is 14.3 Å². The molecule has 5 nitrogen and oxygen atoms in total. The molecule has 1 amide bonds. The number of rotatable bonds is 1. The Morgan fingerprint density at radius 3 is 2.65 bits per heavy atom. The molecule has 3 N–H and O–H groups in total. The molecule has 0 aliphatic carbocycles. The Hall–Kier alpha value is -1.53. The molecule has 1 unspecified atom stereocenters. The number of benzene rings is 1. The number of hydrogen-bond acceptors (Lipinski definition) is 5. The van der Waals surface area contributed by atoms with E-state index in [1.54, 1.807) is 26.8 Å². The van der Waals surface area contributed by atoms with Crippen LogP contribution in [0.25, 0.3) is 0 Å². The minimum absolute atomic E-state index is 0.427. The summed E-state index contributed by atoms with van der Waals surface area (Å²) in [5.41, 5.74) is 6.02. The number of fused-ring (bicyclic) bond motifs is 1. The maximum Gasteiger partial charge on any atom is 0.321 e. The Kier molecular flexibility index (Phi) is 4.06. The molecular formula is C14H18N2O3S. The van der Waals surface area contributed by atoms with Crippen molar-refractivity contribution in [1.29, 1.82) is 0 Å². The number of ether oxygens (including phenoxy) is 1. The third kappa shape index (κ3) is 3.32. The van der Waals surface area contributed by atoms with Crippen LogP contribution in [0.5, 0.6) is 0 Å². The number of carbonyl (C=O) groups excluding carboxylic acids is 2. The largest absolute Gasteiger partial charge is 0.459 e. The maximum atomic E-state index is 12.2. The molecule has 0 bridgehead atoms. The summed E-state index contributed by atoms with van der Waals surface area (Å²) in [4.78, 5) is 25.2. The van der Waals surface area contributed by atoms with Gasteiger partial charge in [0.25, 0.3) is 0 Å². The number of para-hydroxylation sites is 1. The first-order valence-electron chi connectivity index (χ1n) is 6.33. The number of anilines is 1. The van der Waals surface area contributed by atoms with E-state index in [1.807, 2.05) is 18.2 Å². The van der Waals surface area contributed by atoms with Gasteiger partial charge in [0, 0.05) is 4.90 Å². The average Bonchev–Trinajstić information content (AvgIpc) is 2.41. The first kappa shape index (κ1) is 14.9. The molecular weight excluding hydrogens is 276 g/mol. The number of amides is 1. The van der Waals surface area contributed by atoms with E-state index >= 15 is 0 Å². The van der Waals surface area contributed by atoms with Crippen molar-refractivity contribution in [2.24, 2.45) is 11.7 Å². The highest BCUT2D eigenvalue weighted by Gasteiger charge is 2.39. The van der Waals surface area contributed by atoms with Gasteiger partial charge in [0.05, 0.1) is 11.1 Å². The molecule has 1 aliphatic heterocycles. The highest BCUT2D eigenvalue weighted by atomic mass is 32.2. The second kappa shape index (κ2) is 5.46. The van der Waals surface area contributed by atoms with E-state index < -0.39 is 28.8 Å². The van der Waals surface area contributed by atoms with Crippen LogP contribution in [0.15, 0.2) is 29.2 Å². The topological polar surface area (TPSA) is 81.4 Å². The van der Waals surface area contributed by atoms with Gasteiger partial charge >= 0.3 is 5.97 Å². The van der Waals surface area contributed by atoms with Gasteiger partial charge in [-0.05, 0) is 32.9 Å². The molecule has 1 aromatic carbocycles. The average molecular weight is 294 g/mol. The monoisotopic (exact) mass is 294 g/mol. The van der Waals surface area contributed by atoms with Gasteiger partial charge in [-0.1, -0.05) is 12.1 Å². The third-order valence-corrected chi connectivity index (χ3v) is 3.83. The number of hydrogen-bond donors (Lipinski definition) is 2. The Labute approximate surface area is 122 Å². The van der Waals surface area contributed by atoms with Crippen LogP contribution in [0.1, 0.15) is 20.8 Å². The van der Waals surface area contributed by atoms with Crippen molar-refractivity contribution in [3.05, 3.63) is 24.3 Å². The third-order valence-electron chi connectivity index (χ3n) is 2.68. The Morgan fingerprint density at radius 1 is 1.35 bits per heavy atom. The van der Waals surface area contributed by atoms with Crippen LogP contribution in [0, 0.1) is 5.92 Å². The van der Waals surface area contributed by atoms with Crippen LogP contribution < -0.4 is 11.1 Å². The van der Waals surface area contributed by atoms with Crippen molar-refractivity contribution in [1.82, 2.24) is 0 Å². The molecule has 108 valence electrons. The lowest BCUT2D eigenvalue weighted by atomic mass is 10.1. The fourth-order valence-corrected chi connectivity index (χ4v) is 2.92. The second-order valence-corrected chi connectivity index (χ2v) is 6.80. The first-order valence-corrected chi connectivity index (χ1v) is 7.21. The summed E-state index contributed by atoms with van der Waals surface area (Å²) in [6, 6.07) is 7.32. The predicted molar refractivity (Wildman–Crippen MR) is 78.2 cm³/mol. The molecule has 1 heterocycles. The second-order valence-electron chi connectivity index (χ2n) is 5.58. The summed E-state index contributed by atoms with van der Waals surface area (Å²) < 4.78 is 5.28. The standard InChI is InChI=1S/C14H18N2O3S/c1-14(2,3)19-13(18)10-11(15)20-9-7-5-4-6-8(9)16-12(10)17/h4-7,10-11H,15H2,1-3H3,(H,16,17)/t10-,11?/m0/s1. The molecule has 0 spiro atoms. The molecule has 6 heteroatoms. The van der Waals surface area contributed by atoms with Gasteiger partial charge in [-0.3, -0.25) is 9.59 Å². The van der Waals surface area contributed by atoms with Gasteiger partial charge < -0.3 is 15.8 Å². The van der Waals surface area contributed by atoms with E-state index in [0.717, 1.165) is 4.90 Å². The summed E-state index contributed by atoms with van der Waals surface area (Å²) in [6.07, 6.45) is 0. The summed E-state index contributed by atoms with van der Waals surface area (Å²) in [7, 11) is 0. The van der Waals surface area contributed by atoms with Crippen LogP contribution >= 0.6 is 11.8 Å². The molecule has 0 aromatic heterocycles. The summed E-state index contributed by atoms with van der Waals surface area (Å²) in [5.74, 6) is -2.04. The summed E-state index contributed by atoms with van der Waals surface area (Å²) in [6.45, 7) is 5.27. The van der Waals surface area contributed by atoms with Crippen molar-refractivity contribution in [2.75, 3.05) is 5.32 Å². The van der Waals surface area contributed by atoms with Gasteiger partial charge in [0.15, 0.2) is 5.92 Å². The van der Waals surface area contributed by atoms with E-state index in [4.69, 9.17) is 10.5 Å². The quantitative estimate of drug-likeness (QED) is 0.611. The zero-order valence-electron chi connectivity index (χ0n) is 11.7. The smallest absolute Gasteiger partial charge is 0.321 e. The van der Waals surface area contributed by atoms with Gasteiger partial charge in [-0.2, -0.15) is 0 Å². The molecule has 0 saturated carbocycles. The fraction of sp³-hybridized carbons (Fsp3) is 0.429. The van der Waals surface area contributed by atoms with Gasteiger partial charge in [-0.15, -0.1) is 11.8 Å². The summed E-state index contributed by atoms with van der Waals surface area (Å²) in [5, 5.41) is 2.06. The molecule has 2 atom stereocenters. The van der Waals surface area contributed by atoms with E-state index in [-0.39, 0.29) is 0 Å². The minimum Gasteiger partial charge on any atom is -0.459 e. The molecule has 0 radical (unpaired) electrons. The molecule has 0 fully saturated rings. The molecule has 20 heavy (non-hydrogen) atoms. The zero-order chi connectivity index (χ0) is 14.9. The van der Waals surface area contributed by atoms with Gasteiger partial charge in [0.1, 0.15) is 5.60 Å². The normalized spacial score (nSPS) is 22.5. The summed E-state index contributed by atoms with van der Waals surface area (Å²) >= 11 is 1.29. The Balaban J connectivity index is 2.25. The number of nitrogens with two attached hydrogens (primary N) is 1. The molecule has 2 rings (SSSR count). The van der Waals surface area contributed by atoms with Crippen LogP contribution in [0.2, 0.25) is 0 Å². The van der Waals surface area contributed by atoms with Crippen molar-refractivity contribution < 1.29 is 14.3 Å². The Morgan fingerprint density at radius 2 is 2.00 bits per heavy atom. The SMILES string of the molecule is CC(C)(C)OC(=O)[C@@H]1C(=O)Nc2ccccc2SC1N. The lowest BCUT2D eigenvalue weighted by molar-refractivity contribution is -0.161.